The molecule has 0 fully saturated rings. The average Bonchev–Trinajstić information content (AvgIpc) is 2.58. The molecule has 25 heavy (non-hydrogen) atoms. The first-order valence-electron chi connectivity index (χ1n) is 7.73. The number of aryl methyl sites for hydroxylation is 2. The normalized spacial score (nSPS) is 10.4. The van der Waals surface area contributed by atoms with Gasteiger partial charge in [0.25, 0.3) is 11.8 Å². The Balaban J connectivity index is 2.15. The molecule has 7 heteroatoms. The molecule has 0 aliphatic carbocycles. The molecule has 0 aliphatic heterocycles. The van der Waals surface area contributed by atoms with Gasteiger partial charge in [0.15, 0.2) is 0 Å². The van der Waals surface area contributed by atoms with Crippen molar-refractivity contribution < 1.29 is 14.3 Å². The minimum absolute atomic E-state index is 0.162. The van der Waals surface area contributed by atoms with Gasteiger partial charge in [0.1, 0.15) is 5.69 Å². The predicted molar refractivity (Wildman–Crippen MR) is 97.3 cm³/mol. The smallest absolute Gasteiger partial charge is 0.269 e. The molecule has 0 radical (unpaired) electrons. The zero-order valence-corrected chi connectivity index (χ0v) is 15.1. The van der Waals surface area contributed by atoms with Crippen LogP contribution in [0.1, 0.15) is 32.0 Å². The zero-order valence-electron chi connectivity index (χ0n) is 14.4. The zero-order chi connectivity index (χ0) is 18.4. The number of carbonyl (C=O) groups is 2. The Morgan fingerprint density at radius 3 is 2.64 bits per heavy atom. The molecule has 0 unspecified atom stereocenters. The monoisotopic (exact) mass is 361 g/mol. The van der Waals surface area contributed by atoms with Gasteiger partial charge < -0.3 is 15.4 Å². The van der Waals surface area contributed by atoms with Gasteiger partial charge in [-0.25, -0.2) is 0 Å². The number of carbonyl (C=O) groups excluding carboxylic acids is 2. The summed E-state index contributed by atoms with van der Waals surface area (Å²) in [5.74, 6) is -0.724. The molecule has 0 spiro atoms. The van der Waals surface area contributed by atoms with E-state index in [0.29, 0.717) is 29.4 Å². The maximum absolute atomic E-state index is 12.5. The number of halogens is 1. The topological polar surface area (TPSA) is 80.3 Å². The van der Waals surface area contributed by atoms with E-state index in [4.69, 9.17) is 16.3 Å². The molecule has 2 N–H and O–H groups in total. The number of hydrogen-bond acceptors (Lipinski definition) is 4. The predicted octanol–water partition coefficient (Wildman–Crippen LogP) is 2.98. The van der Waals surface area contributed by atoms with E-state index < -0.39 is 0 Å². The van der Waals surface area contributed by atoms with Crippen LogP contribution in [0, 0.1) is 13.8 Å². The van der Waals surface area contributed by atoms with Crippen LogP contribution in [0.3, 0.4) is 0 Å². The number of nitrogens with zero attached hydrogens (tertiary/aromatic N) is 1. The van der Waals surface area contributed by atoms with Gasteiger partial charge in [0.2, 0.25) is 0 Å². The van der Waals surface area contributed by atoms with E-state index in [1.54, 1.807) is 19.2 Å². The third-order valence-electron chi connectivity index (χ3n) is 3.52. The molecular formula is C18H20ClN3O3. The highest BCUT2D eigenvalue weighted by molar-refractivity contribution is 6.34. The molecule has 132 valence electrons. The van der Waals surface area contributed by atoms with Crippen LogP contribution in [0.5, 0.6) is 0 Å². The molecule has 0 saturated heterocycles. The van der Waals surface area contributed by atoms with Crippen molar-refractivity contribution in [2.75, 3.05) is 25.6 Å². The average molecular weight is 362 g/mol. The Morgan fingerprint density at radius 1 is 1.20 bits per heavy atom. The highest BCUT2D eigenvalue weighted by Gasteiger charge is 2.14. The number of amides is 2. The van der Waals surface area contributed by atoms with Gasteiger partial charge in [-0.05, 0) is 43.2 Å². The largest absolute Gasteiger partial charge is 0.383 e. The van der Waals surface area contributed by atoms with Crippen molar-refractivity contribution in [1.82, 2.24) is 10.3 Å². The number of methoxy groups -OCH3 is 1. The minimum atomic E-state index is -0.365. The van der Waals surface area contributed by atoms with E-state index in [0.717, 1.165) is 11.1 Å². The van der Waals surface area contributed by atoms with Crippen molar-refractivity contribution in [3.05, 3.63) is 57.9 Å². The summed E-state index contributed by atoms with van der Waals surface area (Å²) in [6, 6.07) is 6.70. The first-order valence-corrected chi connectivity index (χ1v) is 8.11. The molecule has 1 aromatic heterocycles. The molecule has 2 rings (SSSR count). The molecule has 2 aromatic rings. The summed E-state index contributed by atoms with van der Waals surface area (Å²) in [5.41, 5.74) is 2.92. The molecule has 0 bridgehead atoms. The van der Waals surface area contributed by atoms with Crippen LogP contribution in [0.4, 0.5) is 5.69 Å². The fourth-order valence-electron chi connectivity index (χ4n) is 2.31. The summed E-state index contributed by atoms with van der Waals surface area (Å²) in [5, 5.41) is 5.92. The minimum Gasteiger partial charge on any atom is -0.383 e. The third kappa shape index (κ3) is 5.01. The summed E-state index contributed by atoms with van der Waals surface area (Å²) in [7, 11) is 1.55. The van der Waals surface area contributed by atoms with Gasteiger partial charge in [-0.15, -0.1) is 0 Å². The Hall–Kier alpha value is -2.44. The van der Waals surface area contributed by atoms with E-state index in [9.17, 15) is 9.59 Å². The Labute approximate surface area is 151 Å². The van der Waals surface area contributed by atoms with Gasteiger partial charge in [-0.2, -0.15) is 0 Å². The lowest BCUT2D eigenvalue weighted by Crippen LogP contribution is -2.28. The Morgan fingerprint density at radius 2 is 1.96 bits per heavy atom. The molecule has 0 saturated carbocycles. The Kier molecular flexibility index (Phi) is 6.50. The molecule has 0 aliphatic rings. The maximum Gasteiger partial charge on any atom is 0.269 e. The fraction of sp³-hybridized carbons (Fsp3) is 0.278. The van der Waals surface area contributed by atoms with Crippen LogP contribution in [0.15, 0.2) is 30.5 Å². The molecular weight excluding hydrogens is 342 g/mol. The number of anilines is 1. The number of aromatic nitrogens is 1. The summed E-state index contributed by atoms with van der Waals surface area (Å²) in [6.07, 6.45) is 1.42. The number of benzene rings is 1. The molecule has 1 aromatic carbocycles. The van der Waals surface area contributed by atoms with Gasteiger partial charge in [-0.1, -0.05) is 17.7 Å². The van der Waals surface area contributed by atoms with Crippen molar-refractivity contribution in [3.8, 4) is 0 Å². The molecule has 1 heterocycles. The molecule has 6 nitrogen and oxygen atoms in total. The van der Waals surface area contributed by atoms with Crippen molar-refractivity contribution in [2.24, 2.45) is 0 Å². The number of ether oxygens (including phenoxy) is 1. The molecule has 2 amide bonds. The van der Waals surface area contributed by atoms with Crippen LogP contribution in [0.2, 0.25) is 5.02 Å². The Bertz CT molecular complexity index is 770. The van der Waals surface area contributed by atoms with Gasteiger partial charge in [0, 0.05) is 25.4 Å². The summed E-state index contributed by atoms with van der Waals surface area (Å²) in [4.78, 5) is 28.5. The van der Waals surface area contributed by atoms with Crippen LogP contribution < -0.4 is 10.6 Å². The van der Waals surface area contributed by atoms with Crippen LogP contribution in [-0.2, 0) is 4.74 Å². The van der Waals surface area contributed by atoms with Crippen LogP contribution >= 0.6 is 11.6 Å². The van der Waals surface area contributed by atoms with Crippen LogP contribution in [-0.4, -0.2) is 37.1 Å². The second-order valence-electron chi connectivity index (χ2n) is 5.57. The first kappa shape index (κ1) is 18.9. The number of hydrogen-bond donors (Lipinski definition) is 2. The maximum atomic E-state index is 12.5. The van der Waals surface area contributed by atoms with E-state index in [-0.39, 0.29) is 17.5 Å². The van der Waals surface area contributed by atoms with Crippen molar-refractivity contribution in [1.29, 1.82) is 0 Å². The highest BCUT2D eigenvalue weighted by atomic mass is 35.5. The first-order chi connectivity index (χ1) is 11.9. The van der Waals surface area contributed by atoms with Gasteiger partial charge in [-0.3, -0.25) is 14.6 Å². The second kappa shape index (κ2) is 8.60. The number of rotatable bonds is 6. The van der Waals surface area contributed by atoms with Crippen molar-refractivity contribution in [3.63, 3.8) is 0 Å². The lowest BCUT2D eigenvalue weighted by Gasteiger charge is -2.12. The van der Waals surface area contributed by atoms with E-state index in [2.05, 4.69) is 15.6 Å². The number of nitrogens with one attached hydrogen (secondary N) is 2. The summed E-state index contributed by atoms with van der Waals surface area (Å²) in [6.45, 7) is 4.57. The standard InChI is InChI=1S/C18H20ClN3O3/c1-11-8-12(2)16(14(19)9-11)22-17(23)13-4-5-20-15(10-13)18(24)21-6-7-25-3/h4-5,8-10H,6-7H2,1-3H3,(H,21,24)(H,22,23). The summed E-state index contributed by atoms with van der Waals surface area (Å²) >= 11 is 6.22. The third-order valence-corrected chi connectivity index (χ3v) is 3.81. The van der Waals surface area contributed by atoms with E-state index in [1.807, 2.05) is 19.9 Å². The summed E-state index contributed by atoms with van der Waals surface area (Å²) < 4.78 is 4.88. The lowest BCUT2D eigenvalue weighted by molar-refractivity contribution is 0.0932. The fourth-order valence-corrected chi connectivity index (χ4v) is 2.68. The second-order valence-corrected chi connectivity index (χ2v) is 5.98. The van der Waals surface area contributed by atoms with Crippen molar-refractivity contribution >= 4 is 29.1 Å². The van der Waals surface area contributed by atoms with Crippen LogP contribution in [0.25, 0.3) is 0 Å². The lowest BCUT2D eigenvalue weighted by atomic mass is 10.1. The van der Waals surface area contributed by atoms with E-state index >= 15 is 0 Å². The van der Waals surface area contributed by atoms with Gasteiger partial charge in [0.05, 0.1) is 17.3 Å². The van der Waals surface area contributed by atoms with Gasteiger partial charge >= 0.3 is 0 Å². The SMILES string of the molecule is COCCNC(=O)c1cc(C(=O)Nc2c(C)cc(C)cc2Cl)ccn1. The molecule has 0 atom stereocenters. The van der Waals surface area contributed by atoms with E-state index in [1.165, 1.54) is 12.3 Å². The van der Waals surface area contributed by atoms with Crippen molar-refractivity contribution in [2.45, 2.75) is 13.8 Å². The number of pyridine rings is 1. The quantitative estimate of drug-likeness (QED) is 0.775. The highest BCUT2D eigenvalue weighted by Crippen LogP contribution is 2.27.